The Kier molecular flexibility index (Phi) is 12.4. The topological polar surface area (TPSA) is 157 Å². The molecule has 2 aliphatic heterocycles. The van der Waals surface area contributed by atoms with E-state index in [-0.39, 0.29) is 37.7 Å². The molecule has 3 heterocycles. The van der Waals surface area contributed by atoms with E-state index in [9.17, 15) is 19.5 Å². The van der Waals surface area contributed by atoms with Crippen molar-refractivity contribution in [2.75, 3.05) is 26.9 Å². The van der Waals surface area contributed by atoms with Crippen molar-refractivity contribution in [3.05, 3.63) is 90.1 Å². The molecule has 12 nitrogen and oxygen atoms in total. The Morgan fingerprint density at radius 2 is 1.70 bits per heavy atom. The Labute approximate surface area is 293 Å². The molecule has 0 bridgehead atoms. The molecule has 3 aromatic rings. The fourth-order valence-corrected chi connectivity index (χ4v) is 6.54. The van der Waals surface area contributed by atoms with Gasteiger partial charge in [-0.15, -0.1) is 0 Å². The molecule has 50 heavy (non-hydrogen) atoms. The number of nitrogens with one attached hydrogen (secondary N) is 3. The molecule has 268 valence electrons. The van der Waals surface area contributed by atoms with Crippen LogP contribution in [-0.4, -0.2) is 85.6 Å². The van der Waals surface area contributed by atoms with Crippen LogP contribution in [0, 0.1) is 11.3 Å². The molecule has 5 rings (SSSR count). The number of nitrogens with zero attached hydrogens (tertiary/aromatic N) is 1. The number of carbonyl (C=O) groups excluding carboxylic acids is 3. The molecule has 2 saturated heterocycles. The Bertz CT molecular complexity index is 1550. The van der Waals surface area contributed by atoms with Gasteiger partial charge in [-0.1, -0.05) is 81.4 Å². The van der Waals surface area contributed by atoms with E-state index >= 15 is 0 Å². The van der Waals surface area contributed by atoms with Gasteiger partial charge in [-0.3, -0.25) is 9.78 Å². The van der Waals surface area contributed by atoms with Crippen LogP contribution < -0.4 is 16.0 Å². The first-order valence-electron chi connectivity index (χ1n) is 17.1. The van der Waals surface area contributed by atoms with Crippen LogP contribution in [0.4, 0.5) is 9.59 Å². The summed E-state index contributed by atoms with van der Waals surface area (Å²) in [6, 6.07) is 22.1. The van der Waals surface area contributed by atoms with Crippen molar-refractivity contribution in [3.8, 4) is 11.3 Å². The molecule has 2 aliphatic rings. The number of hydrogen-bond acceptors (Lipinski definition) is 9. The van der Waals surface area contributed by atoms with Gasteiger partial charge in [0.15, 0.2) is 6.29 Å². The van der Waals surface area contributed by atoms with Crippen molar-refractivity contribution < 1.29 is 38.4 Å². The predicted molar refractivity (Wildman–Crippen MR) is 186 cm³/mol. The van der Waals surface area contributed by atoms with Crippen molar-refractivity contribution >= 4 is 18.1 Å². The third kappa shape index (κ3) is 9.80. The molecular formula is C38H48N4O8. The number of alkyl carbamates (subject to hydrolysis) is 2. The summed E-state index contributed by atoms with van der Waals surface area (Å²) in [5.41, 5.74) is 3.07. The van der Waals surface area contributed by atoms with Crippen LogP contribution in [0.2, 0.25) is 0 Å². The van der Waals surface area contributed by atoms with Crippen molar-refractivity contribution in [1.29, 1.82) is 0 Å². The summed E-state index contributed by atoms with van der Waals surface area (Å²) >= 11 is 0. The second-order valence-corrected chi connectivity index (χ2v) is 13.9. The van der Waals surface area contributed by atoms with E-state index in [1.807, 2.05) is 93.6 Å². The molecule has 2 aromatic carbocycles. The van der Waals surface area contributed by atoms with Crippen LogP contribution in [0.25, 0.3) is 11.3 Å². The zero-order valence-corrected chi connectivity index (χ0v) is 29.0. The molecule has 4 unspecified atom stereocenters. The number of ether oxygens (including phenoxy) is 4. The Hall–Kier alpha value is -4.52. The summed E-state index contributed by atoms with van der Waals surface area (Å²) in [4.78, 5) is 43.6. The van der Waals surface area contributed by atoms with Gasteiger partial charge in [0.05, 0.1) is 38.0 Å². The quantitative estimate of drug-likeness (QED) is 0.202. The van der Waals surface area contributed by atoms with Gasteiger partial charge < -0.3 is 40.0 Å². The Morgan fingerprint density at radius 1 is 0.960 bits per heavy atom. The molecule has 7 atom stereocenters. The minimum Gasteiger partial charge on any atom is -0.453 e. The molecule has 12 heteroatoms. The maximum atomic E-state index is 14.0. The van der Waals surface area contributed by atoms with Gasteiger partial charge in [0, 0.05) is 30.3 Å². The number of aromatic nitrogens is 1. The molecule has 2 fully saturated rings. The van der Waals surface area contributed by atoms with Gasteiger partial charge in [0.1, 0.15) is 12.1 Å². The number of rotatable bonds is 13. The van der Waals surface area contributed by atoms with Crippen LogP contribution >= 0.6 is 0 Å². The van der Waals surface area contributed by atoms with E-state index in [0.29, 0.717) is 13.0 Å². The zero-order chi connectivity index (χ0) is 35.7. The summed E-state index contributed by atoms with van der Waals surface area (Å²) in [5.74, 6) is -0.748. The van der Waals surface area contributed by atoms with E-state index in [4.69, 9.17) is 18.9 Å². The maximum Gasteiger partial charge on any atom is 0.407 e. The molecule has 0 spiro atoms. The summed E-state index contributed by atoms with van der Waals surface area (Å²) < 4.78 is 21.5. The third-order valence-corrected chi connectivity index (χ3v) is 9.24. The molecule has 4 N–H and O–H groups in total. The number of hydrogen-bond donors (Lipinski definition) is 4. The van der Waals surface area contributed by atoms with E-state index in [0.717, 1.165) is 28.8 Å². The van der Waals surface area contributed by atoms with Gasteiger partial charge in [-0.05, 0) is 47.9 Å². The van der Waals surface area contributed by atoms with E-state index in [1.54, 1.807) is 6.20 Å². The number of aliphatic hydroxyl groups is 1. The zero-order valence-electron chi connectivity index (χ0n) is 29.0. The molecule has 1 aromatic heterocycles. The minimum atomic E-state index is -1.05. The molecule has 3 amide bonds. The molecule has 0 saturated carbocycles. The highest BCUT2D eigenvalue weighted by Gasteiger charge is 2.44. The maximum absolute atomic E-state index is 14.0. The van der Waals surface area contributed by atoms with Gasteiger partial charge >= 0.3 is 12.2 Å². The fraction of sp³-hybridized carbons (Fsp3) is 0.474. The smallest absolute Gasteiger partial charge is 0.407 e. The van der Waals surface area contributed by atoms with Gasteiger partial charge in [-0.25, -0.2) is 9.59 Å². The number of methoxy groups -OCH3 is 1. The number of pyridine rings is 1. The van der Waals surface area contributed by atoms with Crippen LogP contribution in [-0.2, 0) is 30.2 Å². The van der Waals surface area contributed by atoms with Crippen LogP contribution in [0.15, 0.2) is 79.0 Å². The molecule has 0 radical (unpaired) electrons. The number of benzene rings is 2. The predicted octanol–water partition coefficient (Wildman–Crippen LogP) is 4.57. The largest absolute Gasteiger partial charge is 0.453 e. The second-order valence-electron chi connectivity index (χ2n) is 13.9. The first-order chi connectivity index (χ1) is 24.0. The molecule has 0 aliphatic carbocycles. The van der Waals surface area contributed by atoms with Crippen LogP contribution in [0.1, 0.15) is 50.7 Å². The highest BCUT2D eigenvalue weighted by Crippen LogP contribution is 2.33. The average molecular weight is 689 g/mol. The summed E-state index contributed by atoms with van der Waals surface area (Å²) in [6.45, 7) is 6.25. The highest BCUT2D eigenvalue weighted by atomic mass is 16.7. The van der Waals surface area contributed by atoms with Crippen molar-refractivity contribution in [1.82, 2.24) is 20.9 Å². The normalized spacial score (nSPS) is 20.9. The van der Waals surface area contributed by atoms with Gasteiger partial charge in [0.25, 0.3) is 0 Å². The lowest BCUT2D eigenvalue weighted by Crippen LogP contribution is -2.57. The molecular weight excluding hydrogens is 640 g/mol. The minimum absolute atomic E-state index is 0.0116. The van der Waals surface area contributed by atoms with E-state index in [1.165, 1.54) is 7.11 Å². The first-order valence-corrected chi connectivity index (χ1v) is 17.1. The summed E-state index contributed by atoms with van der Waals surface area (Å²) in [6.07, 6.45) is -0.102. The standard InChI is InChI=1S/C38H48N4O8/c1-38(2,3)33(42-37(46)47-4)34(44)41-31(21-27(43)22-40-36(45)50-32-23-49-35-28(32)17-19-48-35)29(20-24-10-6-5-7-11-24)25-13-15-26(16-14-25)30-12-8-9-18-39-30/h5-16,18,27-29,31-33,35,43H,17,19-23H2,1-4H3,(H,40,45)(H,41,44)(H,42,46)/t27?,28-,29?,31?,32+,33?,35+/m1/s1. The lowest BCUT2D eigenvalue weighted by atomic mass is 9.81. The third-order valence-electron chi connectivity index (χ3n) is 9.24. The second kappa shape index (κ2) is 16.9. The van der Waals surface area contributed by atoms with Crippen molar-refractivity contribution in [2.45, 2.75) is 76.5 Å². The number of carbonyl (C=O) groups is 3. The lowest BCUT2D eigenvalue weighted by Gasteiger charge is -2.35. The van der Waals surface area contributed by atoms with E-state index in [2.05, 4.69) is 20.9 Å². The number of fused-ring (bicyclic) bond motifs is 1. The fourth-order valence-electron chi connectivity index (χ4n) is 6.54. The average Bonchev–Trinajstić information content (AvgIpc) is 3.74. The first kappa shape index (κ1) is 36.8. The van der Waals surface area contributed by atoms with Crippen LogP contribution in [0.5, 0.6) is 0 Å². The van der Waals surface area contributed by atoms with Crippen molar-refractivity contribution in [3.63, 3.8) is 0 Å². The van der Waals surface area contributed by atoms with Crippen LogP contribution in [0.3, 0.4) is 0 Å². The van der Waals surface area contributed by atoms with Gasteiger partial charge in [-0.2, -0.15) is 0 Å². The number of amides is 3. The Balaban J connectivity index is 1.39. The number of aliphatic hydroxyl groups excluding tert-OH is 1. The lowest BCUT2D eigenvalue weighted by molar-refractivity contribution is -0.126. The van der Waals surface area contributed by atoms with Gasteiger partial charge in [0.2, 0.25) is 5.91 Å². The Morgan fingerprint density at radius 3 is 2.38 bits per heavy atom. The van der Waals surface area contributed by atoms with E-state index < -0.39 is 47.8 Å². The summed E-state index contributed by atoms with van der Waals surface area (Å²) in [7, 11) is 1.24. The monoisotopic (exact) mass is 688 g/mol. The summed E-state index contributed by atoms with van der Waals surface area (Å²) in [5, 5.41) is 19.9. The van der Waals surface area contributed by atoms with Crippen molar-refractivity contribution in [2.24, 2.45) is 11.3 Å². The SMILES string of the molecule is COC(=O)NC(C(=O)NC(CC(O)CNC(=O)O[C@H]1CO[C@@H]2OCC[C@@H]21)C(Cc1ccccc1)c1ccc(-c2ccccn2)cc1)C(C)(C)C. The highest BCUT2D eigenvalue weighted by molar-refractivity contribution is 5.86.